The van der Waals surface area contributed by atoms with E-state index in [4.69, 9.17) is 19.3 Å². The van der Waals surface area contributed by atoms with E-state index in [1.807, 2.05) is 67.6 Å². The van der Waals surface area contributed by atoms with E-state index in [1.54, 1.807) is 38.1 Å². The summed E-state index contributed by atoms with van der Waals surface area (Å²) >= 11 is 0. The molecule has 168 valence electrons. The minimum absolute atomic E-state index is 0.277. The summed E-state index contributed by atoms with van der Waals surface area (Å²) in [7, 11) is 4.79. The Bertz CT molecular complexity index is 1260. The third-order valence-corrected chi connectivity index (χ3v) is 5.25. The highest BCUT2D eigenvalue weighted by Crippen LogP contribution is 2.33. The molecule has 7 nitrogen and oxygen atoms in total. The molecule has 0 spiro atoms. The van der Waals surface area contributed by atoms with Crippen LogP contribution in [0.2, 0.25) is 0 Å². The van der Waals surface area contributed by atoms with Gasteiger partial charge in [0.15, 0.2) is 0 Å². The Morgan fingerprint density at radius 3 is 2.12 bits per heavy atom. The van der Waals surface area contributed by atoms with Gasteiger partial charge >= 0.3 is 0 Å². The van der Waals surface area contributed by atoms with Crippen molar-refractivity contribution in [1.82, 2.24) is 9.78 Å². The summed E-state index contributed by atoms with van der Waals surface area (Å²) in [5.41, 5.74) is 4.27. The number of nitrogens with zero attached hydrogens (tertiary/aromatic N) is 2. The Hall–Kier alpha value is -4.26. The Morgan fingerprint density at radius 1 is 0.818 bits per heavy atom. The maximum Gasteiger partial charge on any atom is 0.274 e. The number of carbonyl (C=O) groups is 1. The van der Waals surface area contributed by atoms with E-state index < -0.39 is 0 Å². The minimum atomic E-state index is -0.277. The van der Waals surface area contributed by atoms with Gasteiger partial charge in [-0.2, -0.15) is 5.10 Å². The van der Waals surface area contributed by atoms with Crippen molar-refractivity contribution in [1.29, 1.82) is 0 Å². The number of ether oxygens (including phenoxy) is 3. The van der Waals surface area contributed by atoms with E-state index in [2.05, 4.69) is 5.32 Å². The van der Waals surface area contributed by atoms with E-state index in [9.17, 15) is 4.79 Å². The lowest BCUT2D eigenvalue weighted by molar-refractivity contribution is 0.101. The summed E-state index contributed by atoms with van der Waals surface area (Å²) in [5, 5.41) is 7.70. The maximum atomic E-state index is 13.3. The fraction of sp³-hybridized carbons (Fsp3) is 0.154. The molecule has 0 atom stereocenters. The predicted molar refractivity (Wildman–Crippen MR) is 128 cm³/mol. The van der Waals surface area contributed by atoms with Gasteiger partial charge in [-0.3, -0.25) is 4.79 Å². The van der Waals surface area contributed by atoms with Crippen LogP contribution in [0.1, 0.15) is 16.1 Å². The molecule has 1 heterocycles. The standard InChI is InChI=1S/C26H25N3O4/c1-17-5-7-18(8-6-17)27-26(30)24-16-23(22-14-13-21(32-3)15-25(22)33-4)28-29(24)19-9-11-20(31-2)12-10-19/h5-16H,1-4H3,(H,27,30). The van der Waals surface area contributed by atoms with Crippen LogP contribution in [0, 0.1) is 6.92 Å². The van der Waals surface area contributed by atoms with Gasteiger partial charge in [0.1, 0.15) is 22.9 Å². The van der Waals surface area contributed by atoms with Crippen molar-refractivity contribution in [2.75, 3.05) is 26.6 Å². The first-order chi connectivity index (χ1) is 16.0. The Labute approximate surface area is 192 Å². The topological polar surface area (TPSA) is 74.6 Å². The number of benzene rings is 3. The van der Waals surface area contributed by atoms with Crippen molar-refractivity contribution in [3.8, 4) is 34.2 Å². The van der Waals surface area contributed by atoms with Gasteiger partial charge in [0.05, 0.1) is 32.7 Å². The van der Waals surface area contributed by atoms with Crippen molar-refractivity contribution in [2.45, 2.75) is 6.92 Å². The first-order valence-corrected chi connectivity index (χ1v) is 10.4. The summed E-state index contributed by atoms with van der Waals surface area (Å²) in [6, 6.07) is 22.2. The molecule has 4 rings (SSSR count). The van der Waals surface area contributed by atoms with E-state index in [0.29, 0.717) is 34.3 Å². The molecule has 0 saturated heterocycles. The smallest absolute Gasteiger partial charge is 0.274 e. The molecule has 0 radical (unpaired) electrons. The highest BCUT2D eigenvalue weighted by molar-refractivity contribution is 6.04. The van der Waals surface area contributed by atoms with Crippen molar-refractivity contribution < 1.29 is 19.0 Å². The summed E-state index contributed by atoms with van der Waals surface area (Å²) in [6.07, 6.45) is 0. The lowest BCUT2D eigenvalue weighted by Gasteiger charge is -2.09. The summed E-state index contributed by atoms with van der Waals surface area (Å²) in [4.78, 5) is 13.3. The quantitative estimate of drug-likeness (QED) is 0.429. The fourth-order valence-electron chi connectivity index (χ4n) is 3.44. The normalized spacial score (nSPS) is 10.5. The van der Waals surface area contributed by atoms with E-state index >= 15 is 0 Å². The van der Waals surface area contributed by atoms with Gasteiger partial charge in [-0.25, -0.2) is 4.68 Å². The zero-order valence-corrected chi connectivity index (χ0v) is 19.0. The number of hydrogen-bond donors (Lipinski definition) is 1. The average Bonchev–Trinajstić information content (AvgIpc) is 3.30. The molecule has 0 saturated carbocycles. The molecule has 7 heteroatoms. The average molecular weight is 444 g/mol. The van der Waals surface area contributed by atoms with Gasteiger partial charge in [0.2, 0.25) is 0 Å². The Morgan fingerprint density at radius 2 is 1.48 bits per heavy atom. The van der Waals surface area contributed by atoms with Gasteiger partial charge in [-0.05, 0) is 61.5 Å². The monoisotopic (exact) mass is 443 g/mol. The fourth-order valence-corrected chi connectivity index (χ4v) is 3.44. The number of rotatable bonds is 7. The van der Waals surface area contributed by atoms with Crippen LogP contribution < -0.4 is 19.5 Å². The molecule has 4 aromatic rings. The van der Waals surface area contributed by atoms with Crippen LogP contribution in [0.3, 0.4) is 0 Å². The molecule has 1 aromatic heterocycles. The molecular formula is C26H25N3O4. The van der Waals surface area contributed by atoms with Crippen LogP contribution in [0.4, 0.5) is 5.69 Å². The number of aromatic nitrogens is 2. The molecule has 0 unspecified atom stereocenters. The second kappa shape index (κ2) is 9.48. The molecule has 1 amide bonds. The van der Waals surface area contributed by atoms with E-state index in [1.165, 1.54) is 0 Å². The second-order valence-corrected chi connectivity index (χ2v) is 7.41. The number of carbonyl (C=O) groups excluding carboxylic acids is 1. The molecular weight excluding hydrogens is 418 g/mol. The number of aryl methyl sites for hydroxylation is 1. The third kappa shape index (κ3) is 4.67. The van der Waals surface area contributed by atoms with Crippen LogP contribution in [0.25, 0.3) is 16.9 Å². The maximum absolute atomic E-state index is 13.3. The van der Waals surface area contributed by atoms with Gasteiger partial charge in [-0.1, -0.05) is 17.7 Å². The van der Waals surface area contributed by atoms with Crippen LogP contribution in [-0.4, -0.2) is 37.0 Å². The molecule has 0 aliphatic heterocycles. The lowest BCUT2D eigenvalue weighted by atomic mass is 10.1. The third-order valence-electron chi connectivity index (χ3n) is 5.25. The summed E-state index contributed by atoms with van der Waals surface area (Å²) < 4.78 is 17.7. The van der Waals surface area contributed by atoms with E-state index in [0.717, 1.165) is 16.8 Å². The Kier molecular flexibility index (Phi) is 6.31. The van der Waals surface area contributed by atoms with Crippen molar-refractivity contribution >= 4 is 11.6 Å². The van der Waals surface area contributed by atoms with Gasteiger partial charge in [-0.15, -0.1) is 0 Å². The first-order valence-electron chi connectivity index (χ1n) is 10.4. The first kappa shape index (κ1) is 22.0. The van der Waals surface area contributed by atoms with Crippen molar-refractivity contribution in [3.05, 3.63) is 84.1 Å². The molecule has 0 aliphatic carbocycles. The zero-order valence-electron chi connectivity index (χ0n) is 19.0. The van der Waals surface area contributed by atoms with Crippen molar-refractivity contribution in [2.24, 2.45) is 0 Å². The Balaban J connectivity index is 1.79. The van der Waals surface area contributed by atoms with Crippen LogP contribution in [0.15, 0.2) is 72.8 Å². The SMILES string of the molecule is COc1ccc(-n2nc(-c3ccc(OC)cc3OC)cc2C(=O)Nc2ccc(C)cc2)cc1. The molecule has 1 N–H and O–H groups in total. The predicted octanol–water partition coefficient (Wildman–Crippen LogP) is 5.13. The lowest BCUT2D eigenvalue weighted by Crippen LogP contribution is -2.16. The number of methoxy groups -OCH3 is 3. The van der Waals surface area contributed by atoms with E-state index in [-0.39, 0.29) is 5.91 Å². The van der Waals surface area contributed by atoms with Gasteiger partial charge < -0.3 is 19.5 Å². The zero-order chi connectivity index (χ0) is 23.4. The number of nitrogens with one attached hydrogen (secondary N) is 1. The van der Waals surface area contributed by atoms with Crippen molar-refractivity contribution in [3.63, 3.8) is 0 Å². The molecule has 3 aromatic carbocycles. The summed E-state index contributed by atoms with van der Waals surface area (Å²) in [6.45, 7) is 2.00. The molecule has 0 aliphatic rings. The second-order valence-electron chi connectivity index (χ2n) is 7.41. The minimum Gasteiger partial charge on any atom is -0.497 e. The number of anilines is 1. The number of amides is 1. The van der Waals surface area contributed by atoms with Crippen LogP contribution >= 0.6 is 0 Å². The molecule has 33 heavy (non-hydrogen) atoms. The summed E-state index contributed by atoms with van der Waals surface area (Å²) in [5.74, 6) is 1.70. The molecule has 0 bridgehead atoms. The van der Waals surface area contributed by atoms with Gasteiger partial charge in [0, 0.05) is 17.3 Å². The largest absolute Gasteiger partial charge is 0.497 e. The number of hydrogen-bond acceptors (Lipinski definition) is 5. The highest BCUT2D eigenvalue weighted by Gasteiger charge is 2.20. The molecule has 0 fully saturated rings. The van der Waals surface area contributed by atoms with Gasteiger partial charge in [0.25, 0.3) is 5.91 Å². The van der Waals surface area contributed by atoms with Crippen LogP contribution in [0.5, 0.6) is 17.2 Å². The van der Waals surface area contributed by atoms with Crippen LogP contribution in [-0.2, 0) is 0 Å². The highest BCUT2D eigenvalue weighted by atomic mass is 16.5.